The minimum absolute atomic E-state index is 0.0952. The molecule has 2 N–H and O–H groups in total. The van der Waals surface area contributed by atoms with Crippen molar-refractivity contribution in [3.63, 3.8) is 0 Å². The van der Waals surface area contributed by atoms with E-state index in [4.69, 9.17) is 0 Å². The normalized spacial score (nSPS) is 10.5. The molecule has 3 aromatic rings. The topological polar surface area (TPSA) is 66.4 Å². The molecule has 0 aliphatic rings. The third-order valence-electron chi connectivity index (χ3n) is 3.47. The van der Waals surface area contributed by atoms with E-state index in [-0.39, 0.29) is 11.5 Å². The summed E-state index contributed by atoms with van der Waals surface area (Å²) < 4.78 is 1.77. The van der Waals surface area contributed by atoms with Gasteiger partial charge in [0.25, 0.3) is 5.91 Å². The zero-order valence-corrected chi connectivity index (χ0v) is 16.6. The number of aromatic carboxylic acids is 1. The van der Waals surface area contributed by atoms with Crippen LogP contribution in [0.25, 0.3) is 10.4 Å². The Kier molecular flexibility index (Phi) is 5.36. The number of amides is 1. The van der Waals surface area contributed by atoms with E-state index in [0.29, 0.717) is 16.1 Å². The maximum Gasteiger partial charge on any atom is 0.339 e. The van der Waals surface area contributed by atoms with Crippen molar-refractivity contribution in [2.45, 2.75) is 0 Å². The Balaban J connectivity index is 1.94. The number of carbonyl (C=O) groups is 2. The quantitative estimate of drug-likeness (QED) is 0.489. The average molecular weight is 481 g/mol. The SMILES string of the molecule is O=C(Nc1csc(-c2ccc(Br)cc2)c1C(=O)O)c1ccc(Br)cc1. The van der Waals surface area contributed by atoms with Crippen molar-refractivity contribution in [3.05, 3.63) is 74.0 Å². The van der Waals surface area contributed by atoms with Gasteiger partial charge in [-0.1, -0.05) is 44.0 Å². The molecule has 0 radical (unpaired) electrons. The van der Waals surface area contributed by atoms with E-state index < -0.39 is 5.97 Å². The molecule has 0 saturated heterocycles. The molecule has 0 saturated carbocycles. The third kappa shape index (κ3) is 4.00. The summed E-state index contributed by atoms with van der Waals surface area (Å²) in [6.45, 7) is 0. The summed E-state index contributed by atoms with van der Waals surface area (Å²) >= 11 is 7.96. The predicted molar refractivity (Wildman–Crippen MR) is 107 cm³/mol. The van der Waals surface area contributed by atoms with E-state index in [0.717, 1.165) is 14.5 Å². The van der Waals surface area contributed by atoms with Crippen LogP contribution in [0, 0.1) is 0 Å². The minimum atomic E-state index is -1.08. The zero-order valence-electron chi connectivity index (χ0n) is 12.6. The molecule has 2 aromatic carbocycles. The molecule has 4 nitrogen and oxygen atoms in total. The van der Waals surface area contributed by atoms with Crippen LogP contribution in [0.15, 0.2) is 62.9 Å². The second kappa shape index (κ2) is 7.51. The first-order valence-electron chi connectivity index (χ1n) is 7.13. The van der Waals surface area contributed by atoms with E-state index in [1.165, 1.54) is 11.3 Å². The van der Waals surface area contributed by atoms with E-state index in [9.17, 15) is 14.7 Å². The van der Waals surface area contributed by atoms with E-state index in [2.05, 4.69) is 37.2 Å². The van der Waals surface area contributed by atoms with Gasteiger partial charge in [0.1, 0.15) is 5.56 Å². The standard InChI is InChI=1S/C18H11Br2NO3S/c19-12-5-1-10(2-6-12)16-15(18(23)24)14(9-25-16)21-17(22)11-3-7-13(20)8-4-11/h1-9H,(H,21,22)(H,23,24). The molecule has 0 fully saturated rings. The smallest absolute Gasteiger partial charge is 0.339 e. The molecule has 1 heterocycles. The number of hydrogen-bond donors (Lipinski definition) is 2. The molecule has 0 spiro atoms. The molecule has 126 valence electrons. The van der Waals surface area contributed by atoms with E-state index in [1.807, 2.05) is 24.3 Å². The molecule has 0 aliphatic carbocycles. The molecular weight excluding hydrogens is 470 g/mol. The molecule has 0 unspecified atom stereocenters. The van der Waals surface area contributed by atoms with Gasteiger partial charge in [0.2, 0.25) is 0 Å². The molecule has 7 heteroatoms. The molecule has 3 rings (SSSR count). The Bertz CT molecular complexity index is 934. The first-order valence-corrected chi connectivity index (χ1v) is 9.60. The average Bonchev–Trinajstić information content (AvgIpc) is 3.00. The van der Waals surface area contributed by atoms with Crippen LogP contribution in [0.2, 0.25) is 0 Å². The Morgan fingerprint density at radius 3 is 2.04 bits per heavy atom. The van der Waals surface area contributed by atoms with Gasteiger partial charge < -0.3 is 10.4 Å². The Labute approximate surface area is 164 Å². The second-order valence-corrected chi connectivity index (χ2v) is 7.84. The van der Waals surface area contributed by atoms with Crippen LogP contribution in [0.3, 0.4) is 0 Å². The summed E-state index contributed by atoms with van der Waals surface area (Å²) in [6.07, 6.45) is 0. The fourth-order valence-corrected chi connectivity index (χ4v) is 3.80. The highest BCUT2D eigenvalue weighted by Crippen LogP contribution is 2.36. The lowest BCUT2D eigenvalue weighted by Gasteiger charge is -2.06. The molecular formula is C18H11Br2NO3S. The highest BCUT2D eigenvalue weighted by Gasteiger charge is 2.21. The number of benzene rings is 2. The van der Waals surface area contributed by atoms with E-state index >= 15 is 0 Å². The maximum absolute atomic E-state index is 12.4. The van der Waals surface area contributed by atoms with Gasteiger partial charge >= 0.3 is 5.97 Å². The lowest BCUT2D eigenvalue weighted by molar-refractivity contribution is 0.0699. The van der Waals surface area contributed by atoms with Crippen molar-refractivity contribution in [3.8, 4) is 10.4 Å². The number of carboxylic acid groups (broad SMARTS) is 1. The van der Waals surface area contributed by atoms with Crippen LogP contribution in [0.5, 0.6) is 0 Å². The molecule has 1 amide bonds. The van der Waals surface area contributed by atoms with Crippen LogP contribution in [-0.4, -0.2) is 17.0 Å². The number of hydrogen-bond acceptors (Lipinski definition) is 3. The Morgan fingerprint density at radius 2 is 1.48 bits per heavy atom. The maximum atomic E-state index is 12.4. The van der Waals surface area contributed by atoms with Crippen molar-refractivity contribution in [2.75, 3.05) is 5.32 Å². The third-order valence-corrected chi connectivity index (χ3v) is 5.55. The summed E-state index contributed by atoms with van der Waals surface area (Å²) in [7, 11) is 0. The highest BCUT2D eigenvalue weighted by molar-refractivity contribution is 9.10. The number of rotatable bonds is 4. The van der Waals surface area contributed by atoms with Crippen molar-refractivity contribution in [1.29, 1.82) is 0 Å². The first-order chi connectivity index (χ1) is 12.0. The van der Waals surface area contributed by atoms with Gasteiger partial charge in [0.05, 0.1) is 10.6 Å². The lowest BCUT2D eigenvalue weighted by Crippen LogP contribution is -2.13. The van der Waals surface area contributed by atoms with Gasteiger partial charge in [-0.05, 0) is 42.0 Å². The summed E-state index contributed by atoms with van der Waals surface area (Å²) in [5.74, 6) is -1.43. The van der Waals surface area contributed by atoms with Crippen molar-refractivity contribution in [2.24, 2.45) is 0 Å². The fraction of sp³-hybridized carbons (Fsp3) is 0. The number of carbonyl (C=O) groups excluding carboxylic acids is 1. The molecule has 25 heavy (non-hydrogen) atoms. The number of nitrogens with one attached hydrogen (secondary N) is 1. The zero-order chi connectivity index (χ0) is 18.0. The number of carboxylic acids is 1. The molecule has 0 bridgehead atoms. The second-order valence-electron chi connectivity index (χ2n) is 5.13. The highest BCUT2D eigenvalue weighted by atomic mass is 79.9. The van der Waals surface area contributed by atoms with Crippen molar-refractivity contribution >= 4 is 60.8 Å². The number of thiophene rings is 1. The summed E-state index contributed by atoms with van der Waals surface area (Å²) in [6, 6.07) is 14.2. The summed E-state index contributed by atoms with van der Waals surface area (Å²) in [5, 5.41) is 14.0. The molecule has 0 atom stereocenters. The van der Waals surface area contributed by atoms with Crippen LogP contribution >= 0.6 is 43.2 Å². The predicted octanol–water partition coefficient (Wildman–Crippen LogP) is 5.89. The Morgan fingerprint density at radius 1 is 0.920 bits per heavy atom. The largest absolute Gasteiger partial charge is 0.478 e. The summed E-state index contributed by atoms with van der Waals surface area (Å²) in [5.41, 5.74) is 1.63. The lowest BCUT2D eigenvalue weighted by atomic mass is 10.1. The Hall–Kier alpha value is -1.96. The number of anilines is 1. The van der Waals surface area contributed by atoms with Crippen molar-refractivity contribution < 1.29 is 14.7 Å². The first kappa shape index (κ1) is 17.8. The van der Waals surface area contributed by atoms with Crippen molar-refractivity contribution in [1.82, 2.24) is 0 Å². The van der Waals surface area contributed by atoms with Crippen LogP contribution in [0.1, 0.15) is 20.7 Å². The van der Waals surface area contributed by atoms with Gasteiger partial charge in [-0.3, -0.25) is 4.79 Å². The number of halogens is 2. The molecule has 0 aliphatic heterocycles. The van der Waals surface area contributed by atoms with Gasteiger partial charge in [-0.25, -0.2) is 4.79 Å². The fourth-order valence-electron chi connectivity index (χ4n) is 2.27. The van der Waals surface area contributed by atoms with Gasteiger partial charge in [0.15, 0.2) is 0 Å². The minimum Gasteiger partial charge on any atom is -0.478 e. The van der Waals surface area contributed by atoms with Crippen LogP contribution < -0.4 is 5.32 Å². The monoisotopic (exact) mass is 479 g/mol. The molecule has 1 aromatic heterocycles. The van der Waals surface area contributed by atoms with E-state index in [1.54, 1.807) is 29.6 Å². The van der Waals surface area contributed by atoms with Gasteiger partial charge in [0, 0.05) is 19.9 Å². The summed E-state index contributed by atoms with van der Waals surface area (Å²) in [4.78, 5) is 24.7. The van der Waals surface area contributed by atoms with Crippen LogP contribution in [-0.2, 0) is 0 Å². The van der Waals surface area contributed by atoms with Gasteiger partial charge in [-0.15, -0.1) is 11.3 Å². The van der Waals surface area contributed by atoms with Gasteiger partial charge in [-0.2, -0.15) is 0 Å². The van der Waals surface area contributed by atoms with Crippen LogP contribution in [0.4, 0.5) is 5.69 Å².